The SMILES string of the molecule is CN(C)C(CNc1ccc([N+](=O)[O-])cc1)C1CCCCC1. The average molecular weight is 291 g/mol. The van der Waals surface area contributed by atoms with Crippen molar-refractivity contribution >= 4 is 11.4 Å². The maximum Gasteiger partial charge on any atom is 0.269 e. The number of nitro benzene ring substituents is 1. The topological polar surface area (TPSA) is 58.4 Å². The number of likely N-dealkylation sites (N-methyl/N-ethyl adjacent to an activating group) is 1. The second-order valence-electron chi connectivity index (χ2n) is 6.11. The van der Waals surface area contributed by atoms with Crippen LogP contribution in [-0.4, -0.2) is 36.5 Å². The molecule has 0 saturated heterocycles. The van der Waals surface area contributed by atoms with E-state index in [1.165, 1.54) is 32.1 Å². The van der Waals surface area contributed by atoms with E-state index in [9.17, 15) is 10.1 Å². The summed E-state index contributed by atoms with van der Waals surface area (Å²) in [6.45, 7) is 0.884. The van der Waals surface area contributed by atoms with E-state index in [0.717, 1.165) is 18.2 Å². The number of benzene rings is 1. The highest BCUT2D eigenvalue weighted by Crippen LogP contribution is 2.28. The average Bonchev–Trinajstić information content (AvgIpc) is 2.48. The summed E-state index contributed by atoms with van der Waals surface area (Å²) in [7, 11) is 4.27. The predicted octanol–water partition coefficient (Wildman–Crippen LogP) is 3.52. The van der Waals surface area contributed by atoms with Crippen LogP contribution >= 0.6 is 0 Å². The molecule has 1 N–H and O–H groups in total. The van der Waals surface area contributed by atoms with Crippen molar-refractivity contribution in [2.45, 2.75) is 38.1 Å². The molecule has 1 unspecified atom stereocenters. The summed E-state index contributed by atoms with van der Waals surface area (Å²) in [5.41, 5.74) is 1.08. The molecule has 1 atom stereocenters. The molecule has 116 valence electrons. The summed E-state index contributed by atoms with van der Waals surface area (Å²) in [5.74, 6) is 0.749. The maximum absolute atomic E-state index is 10.7. The second-order valence-corrected chi connectivity index (χ2v) is 6.11. The number of nitrogens with one attached hydrogen (secondary N) is 1. The Morgan fingerprint density at radius 1 is 1.24 bits per heavy atom. The Hall–Kier alpha value is -1.62. The summed E-state index contributed by atoms with van der Waals surface area (Å²) >= 11 is 0. The first-order chi connectivity index (χ1) is 10.1. The van der Waals surface area contributed by atoms with Gasteiger partial charge in [0.2, 0.25) is 0 Å². The van der Waals surface area contributed by atoms with Gasteiger partial charge in [-0.2, -0.15) is 0 Å². The molecule has 5 heteroatoms. The molecule has 0 aromatic heterocycles. The van der Waals surface area contributed by atoms with Gasteiger partial charge in [-0.25, -0.2) is 0 Å². The van der Waals surface area contributed by atoms with Gasteiger partial charge in [0.1, 0.15) is 0 Å². The van der Waals surface area contributed by atoms with Gasteiger partial charge < -0.3 is 10.2 Å². The predicted molar refractivity (Wildman–Crippen MR) is 85.6 cm³/mol. The van der Waals surface area contributed by atoms with Crippen LogP contribution in [0.1, 0.15) is 32.1 Å². The van der Waals surface area contributed by atoms with Crippen molar-refractivity contribution < 1.29 is 4.92 Å². The summed E-state index contributed by atoms with van der Waals surface area (Å²) in [5, 5.41) is 14.1. The molecule has 0 bridgehead atoms. The van der Waals surface area contributed by atoms with Crippen molar-refractivity contribution in [2.24, 2.45) is 5.92 Å². The fraction of sp³-hybridized carbons (Fsp3) is 0.625. The molecule has 0 heterocycles. The number of non-ortho nitro benzene ring substituents is 1. The lowest BCUT2D eigenvalue weighted by atomic mass is 9.83. The third kappa shape index (κ3) is 4.43. The summed E-state index contributed by atoms with van der Waals surface area (Å²) in [4.78, 5) is 12.6. The minimum Gasteiger partial charge on any atom is -0.383 e. The van der Waals surface area contributed by atoms with Gasteiger partial charge >= 0.3 is 0 Å². The van der Waals surface area contributed by atoms with Crippen LogP contribution in [0.4, 0.5) is 11.4 Å². The highest BCUT2D eigenvalue weighted by atomic mass is 16.6. The lowest BCUT2D eigenvalue weighted by Gasteiger charge is -2.35. The van der Waals surface area contributed by atoms with Crippen LogP contribution in [0, 0.1) is 16.0 Å². The Kier molecular flexibility index (Phi) is 5.56. The molecule has 1 aromatic rings. The van der Waals surface area contributed by atoms with E-state index in [0.29, 0.717) is 6.04 Å². The Labute approximate surface area is 126 Å². The van der Waals surface area contributed by atoms with E-state index in [4.69, 9.17) is 0 Å². The standard InChI is InChI=1S/C16H25N3O2/c1-18(2)16(13-6-4-3-5-7-13)12-17-14-8-10-15(11-9-14)19(20)21/h8-11,13,16-17H,3-7,12H2,1-2H3. The fourth-order valence-electron chi connectivity index (χ4n) is 3.21. The zero-order valence-electron chi connectivity index (χ0n) is 12.9. The normalized spacial score (nSPS) is 17.7. The Morgan fingerprint density at radius 3 is 2.38 bits per heavy atom. The van der Waals surface area contributed by atoms with E-state index >= 15 is 0 Å². The van der Waals surface area contributed by atoms with Gasteiger partial charge in [0.25, 0.3) is 5.69 Å². The van der Waals surface area contributed by atoms with Gasteiger partial charge in [-0.3, -0.25) is 10.1 Å². The van der Waals surface area contributed by atoms with E-state index < -0.39 is 0 Å². The molecule has 0 radical (unpaired) electrons. The number of nitro groups is 1. The molecule has 1 aliphatic rings. The van der Waals surface area contributed by atoms with Gasteiger partial charge in [-0.15, -0.1) is 0 Å². The van der Waals surface area contributed by atoms with E-state index in [1.54, 1.807) is 24.3 Å². The second kappa shape index (κ2) is 7.41. The van der Waals surface area contributed by atoms with Crippen molar-refractivity contribution in [1.29, 1.82) is 0 Å². The molecule has 1 aromatic carbocycles. The molecule has 21 heavy (non-hydrogen) atoms. The van der Waals surface area contributed by atoms with Gasteiger partial charge in [0.05, 0.1) is 4.92 Å². The molecule has 1 fully saturated rings. The van der Waals surface area contributed by atoms with Crippen LogP contribution < -0.4 is 5.32 Å². The maximum atomic E-state index is 10.7. The summed E-state index contributed by atoms with van der Waals surface area (Å²) in [6.07, 6.45) is 6.67. The van der Waals surface area contributed by atoms with Crippen LogP contribution in [0.5, 0.6) is 0 Å². The summed E-state index contributed by atoms with van der Waals surface area (Å²) < 4.78 is 0. The first kappa shape index (κ1) is 15.8. The van der Waals surface area contributed by atoms with Crippen molar-refractivity contribution in [3.8, 4) is 0 Å². The van der Waals surface area contributed by atoms with E-state index in [-0.39, 0.29) is 10.6 Å². The Morgan fingerprint density at radius 2 is 1.86 bits per heavy atom. The quantitative estimate of drug-likeness (QED) is 0.643. The molecule has 1 aliphatic carbocycles. The zero-order valence-corrected chi connectivity index (χ0v) is 12.9. The Balaban J connectivity index is 1.93. The molecule has 0 aliphatic heterocycles. The van der Waals surface area contributed by atoms with Crippen molar-refractivity contribution in [3.05, 3.63) is 34.4 Å². The monoisotopic (exact) mass is 291 g/mol. The highest BCUT2D eigenvalue weighted by Gasteiger charge is 2.25. The van der Waals surface area contributed by atoms with Gasteiger partial charge in [-0.05, 0) is 45.0 Å². The van der Waals surface area contributed by atoms with Gasteiger partial charge in [0.15, 0.2) is 0 Å². The van der Waals surface area contributed by atoms with Crippen LogP contribution in [0.3, 0.4) is 0 Å². The lowest BCUT2D eigenvalue weighted by molar-refractivity contribution is -0.384. The third-order valence-corrected chi connectivity index (χ3v) is 4.45. The van der Waals surface area contributed by atoms with Crippen LogP contribution in [0.25, 0.3) is 0 Å². The summed E-state index contributed by atoms with van der Waals surface area (Å²) in [6, 6.07) is 7.18. The highest BCUT2D eigenvalue weighted by molar-refractivity contribution is 5.48. The molecule has 0 spiro atoms. The molecule has 2 rings (SSSR count). The Bertz CT molecular complexity index is 453. The van der Waals surface area contributed by atoms with E-state index in [2.05, 4.69) is 24.3 Å². The van der Waals surface area contributed by atoms with E-state index in [1.807, 2.05) is 0 Å². The largest absolute Gasteiger partial charge is 0.383 e. The number of nitrogens with zero attached hydrogens (tertiary/aromatic N) is 2. The van der Waals surface area contributed by atoms with Gasteiger partial charge in [-0.1, -0.05) is 19.3 Å². The number of rotatable bonds is 6. The minimum absolute atomic E-state index is 0.136. The van der Waals surface area contributed by atoms with Gasteiger partial charge in [0, 0.05) is 30.4 Å². The van der Waals surface area contributed by atoms with Crippen molar-refractivity contribution in [1.82, 2.24) is 4.90 Å². The molecule has 0 amide bonds. The van der Waals surface area contributed by atoms with Crippen molar-refractivity contribution in [2.75, 3.05) is 26.0 Å². The van der Waals surface area contributed by atoms with Crippen LogP contribution in [-0.2, 0) is 0 Å². The number of hydrogen-bond acceptors (Lipinski definition) is 4. The molecule has 1 saturated carbocycles. The fourth-order valence-corrected chi connectivity index (χ4v) is 3.21. The first-order valence-corrected chi connectivity index (χ1v) is 7.72. The zero-order chi connectivity index (χ0) is 15.2. The van der Waals surface area contributed by atoms with Crippen molar-refractivity contribution in [3.63, 3.8) is 0 Å². The van der Waals surface area contributed by atoms with Crippen LogP contribution in [0.2, 0.25) is 0 Å². The lowest BCUT2D eigenvalue weighted by Crippen LogP contribution is -2.41. The first-order valence-electron chi connectivity index (χ1n) is 7.72. The molecule has 5 nitrogen and oxygen atoms in total. The number of anilines is 1. The molecular formula is C16H25N3O2. The minimum atomic E-state index is -0.367. The van der Waals surface area contributed by atoms with Crippen LogP contribution in [0.15, 0.2) is 24.3 Å². The smallest absolute Gasteiger partial charge is 0.269 e. The molecular weight excluding hydrogens is 266 g/mol. The number of hydrogen-bond donors (Lipinski definition) is 1. The third-order valence-electron chi connectivity index (χ3n) is 4.45.